The molecule has 7 nitrogen and oxygen atoms in total. The molecule has 4 rings (SSSR count). The summed E-state index contributed by atoms with van der Waals surface area (Å²) in [6.45, 7) is 0. The predicted molar refractivity (Wildman–Crippen MR) is 89.5 cm³/mol. The summed E-state index contributed by atoms with van der Waals surface area (Å²) < 4.78 is 7.47. The van der Waals surface area contributed by atoms with Crippen LogP contribution in [0.4, 0.5) is 0 Å². The van der Waals surface area contributed by atoms with Gasteiger partial charge in [0.05, 0.1) is 11.8 Å². The lowest BCUT2D eigenvalue weighted by Gasteiger charge is -2.06. The Balaban J connectivity index is 1.96. The molecule has 0 bridgehead atoms. The lowest BCUT2D eigenvalue weighted by atomic mass is 10.1. The van der Waals surface area contributed by atoms with E-state index in [2.05, 4.69) is 9.97 Å². The van der Waals surface area contributed by atoms with Crippen molar-refractivity contribution in [1.29, 1.82) is 0 Å². The monoisotopic (exact) mass is 332 g/mol. The Morgan fingerprint density at radius 1 is 0.960 bits per heavy atom. The van der Waals surface area contributed by atoms with Crippen LogP contribution < -0.4 is 5.56 Å². The first-order chi connectivity index (χ1) is 12.3. The van der Waals surface area contributed by atoms with Gasteiger partial charge in [-0.2, -0.15) is 4.68 Å². The van der Waals surface area contributed by atoms with Crippen LogP contribution in [0, 0.1) is 0 Å². The number of hydrogen-bond acceptors (Lipinski definition) is 5. The van der Waals surface area contributed by atoms with Gasteiger partial charge in [0.25, 0.3) is 11.5 Å². The summed E-state index contributed by atoms with van der Waals surface area (Å²) >= 11 is 0. The van der Waals surface area contributed by atoms with Crippen molar-refractivity contribution in [1.82, 2.24) is 19.3 Å². The Labute approximate surface area is 141 Å². The average Bonchev–Trinajstić information content (AvgIpc) is 3.31. The molecule has 0 saturated heterocycles. The van der Waals surface area contributed by atoms with Gasteiger partial charge in [0.2, 0.25) is 0 Å². The second-order valence-corrected chi connectivity index (χ2v) is 5.20. The molecule has 7 heteroatoms. The van der Waals surface area contributed by atoms with Gasteiger partial charge >= 0.3 is 5.91 Å². The normalized spacial score (nSPS) is 10.7. The van der Waals surface area contributed by atoms with Gasteiger partial charge in [0.1, 0.15) is 0 Å². The minimum atomic E-state index is -0.489. The molecule has 3 heterocycles. The molecule has 0 atom stereocenters. The van der Waals surface area contributed by atoms with Gasteiger partial charge in [-0.05, 0) is 23.8 Å². The fourth-order valence-corrected chi connectivity index (χ4v) is 2.51. The van der Waals surface area contributed by atoms with E-state index >= 15 is 0 Å². The first-order valence-corrected chi connectivity index (χ1v) is 7.51. The highest BCUT2D eigenvalue weighted by Gasteiger charge is 2.22. The summed E-state index contributed by atoms with van der Waals surface area (Å²) in [5, 5.41) is 0. The maximum absolute atomic E-state index is 12.9. The zero-order valence-electron chi connectivity index (χ0n) is 12.9. The van der Waals surface area contributed by atoms with E-state index in [0.717, 1.165) is 4.68 Å². The first kappa shape index (κ1) is 14.8. The van der Waals surface area contributed by atoms with Crippen LogP contribution in [0.1, 0.15) is 10.6 Å². The van der Waals surface area contributed by atoms with E-state index in [1.165, 1.54) is 35.6 Å². The van der Waals surface area contributed by atoms with Gasteiger partial charge in [0, 0.05) is 18.6 Å². The van der Waals surface area contributed by atoms with Crippen LogP contribution in [0.3, 0.4) is 0 Å². The van der Waals surface area contributed by atoms with Crippen molar-refractivity contribution >= 4 is 5.91 Å². The quantitative estimate of drug-likeness (QED) is 0.575. The van der Waals surface area contributed by atoms with Gasteiger partial charge in [-0.15, -0.1) is 0 Å². The number of carbonyl (C=O) groups is 1. The zero-order valence-corrected chi connectivity index (χ0v) is 12.9. The summed E-state index contributed by atoms with van der Waals surface area (Å²) in [5.41, 5.74) is 0.674. The molecule has 0 fully saturated rings. The molecule has 0 amide bonds. The SMILES string of the molecule is O=C(c1ccco1)n1cc(-c2ccccc2)c(=O)n1-c1ncccn1. The number of furan rings is 1. The Morgan fingerprint density at radius 3 is 2.40 bits per heavy atom. The maximum atomic E-state index is 12.9. The average molecular weight is 332 g/mol. The zero-order chi connectivity index (χ0) is 17.2. The Bertz CT molecular complexity index is 1060. The molecule has 1 aromatic carbocycles. The molecule has 4 aromatic rings. The second-order valence-electron chi connectivity index (χ2n) is 5.20. The van der Waals surface area contributed by atoms with Crippen LogP contribution in [-0.4, -0.2) is 25.2 Å². The molecule has 122 valence electrons. The first-order valence-electron chi connectivity index (χ1n) is 7.51. The Kier molecular flexibility index (Phi) is 3.59. The highest BCUT2D eigenvalue weighted by atomic mass is 16.3. The topological polar surface area (TPSA) is 82.9 Å². The summed E-state index contributed by atoms with van der Waals surface area (Å²) in [5.74, 6) is -0.273. The van der Waals surface area contributed by atoms with Crippen LogP contribution in [0.5, 0.6) is 0 Å². The fraction of sp³-hybridized carbons (Fsp3) is 0. The van der Waals surface area contributed by atoms with Gasteiger partial charge in [-0.1, -0.05) is 30.3 Å². The highest BCUT2D eigenvalue weighted by molar-refractivity contribution is 5.93. The minimum absolute atomic E-state index is 0.106. The van der Waals surface area contributed by atoms with Gasteiger partial charge < -0.3 is 4.42 Å². The number of rotatable bonds is 3. The molecule has 0 unspecified atom stereocenters. The van der Waals surface area contributed by atoms with Crippen LogP contribution >= 0.6 is 0 Å². The van der Waals surface area contributed by atoms with Crippen molar-refractivity contribution in [3.8, 4) is 17.1 Å². The van der Waals surface area contributed by atoms with E-state index in [0.29, 0.717) is 11.1 Å². The number of benzene rings is 1. The molecule has 0 aliphatic rings. The fourth-order valence-electron chi connectivity index (χ4n) is 2.51. The van der Waals surface area contributed by atoms with Crippen molar-refractivity contribution in [2.45, 2.75) is 0 Å². The highest BCUT2D eigenvalue weighted by Crippen LogP contribution is 2.17. The number of aromatic nitrogens is 4. The third kappa shape index (κ3) is 2.57. The number of carbonyl (C=O) groups excluding carboxylic acids is 1. The summed E-state index contributed by atoms with van der Waals surface area (Å²) in [6, 6.07) is 13.9. The van der Waals surface area contributed by atoms with Crippen LogP contribution in [0.2, 0.25) is 0 Å². The van der Waals surface area contributed by atoms with E-state index in [9.17, 15) is 9.59 Å². The lowest BCUT2D eigenvalue weighted by molar-refractivity contribution is 0.0906. The largest absolute Gasteiger partial charge is 0.459 e. The van der Waals surface area contributed by atoms with Crippen molar-refractivity contribution in [3.05, 3.63) is 89.5 Å². The molecule has 0 N–H and O–H groups in total. The van der Waals surface area contributed by atoms with Crippen LogP contribution in [-0.2, 0) is 0 Å². The van der Waals surface area contributed by atoms with Crippen LogP contribution in [0.25, 0.3) is 17.1 Å². The molecule has 0 spiro atoms. The molecular formula is C18H12N4O3. The second kappa shape index (κ2) is 6.04. The van der Waals surface area contributed by atoms with E-state index in [4.69, 9.17) is 4.42 Å². The Hall–Kier alpha value is -3.74. The van der Waals surface area contributed by atoms with E-state index in [-0.39, 0.29) is 11.7 Å². The van der Waals surface area contributed by atoms with Crippen molar-refractivity contribution in [2.24, 2.45) is 0 Å². The van der Waals surface area contributed by atoms with Gasteiger partial charge in [0.15, 0.2) is 5.76 Å². The summed E-state index contributed by atoms with van der Waals surface area (Å²) in [6.07, 6.45) is 5.88. The van der Waals surface area contributed by atoms with Gasteiger partial charge in [-0.25, -0.2) is 14.6 Å². The Morgan fingerprint density at radius 2 is 1.72 bits per heavy atom. The van der Waals surface area contributed by atoms with Crippen molar-refractivity contribution in [3.63, 3.8) is 0 Å². The predicted octanol–water partition coefficient (Wildman–Crippen LogP) is 2.38. The van der Waals surface area contributed by atoms with E-state index < -0.39 is 11.5 Å². The minimum Gasteiger partial charge on any atom is -0.459 e. The van der Waals surface area contributed by atoms with Crippen molar-refractivity contribution in [2.75, 3.05) is 0 Å². The molecule has 0 aliphatic heterocycles. The molecular weight excluding hydrogens is 320 g/mol. The lowest BCUT2D eigenvalue weighted by Crippen LogP contribution is -2.27. The van der Waals surface area contributed by atoms with E-state index in [1.54, 1.807) is 24.3 Å². The molecule has 0 radical (unpaired) electrons. The molecule has 25 heavy (non-hydrogen) atoms. The molecule has 0 saturated carbocycles. The summed E-state index contributed by atoms with van der Waals surface area (Å²) in [7, 11) is 0. The standard InChI is InChI=1S/C18H12N4O3/c23-16-14(13-6-2-1-3-7-13)12-21(17(24)15-8-4-11-25-15)22(16)18-19-9-5-10-20-18/h1-12H. The molecule has 3 aromatic heterocycles. The van der Waals surface area contributed by atoms with Crippen LogP contribution in [0.15, 0.2) is 82.6 Å². The van der Waals surface area contributed by atoms with Crippen molar-refractivity contribution < 1.29 is 9.21 Å². The number of nitrogens with zero attached hydrogens (tertiary/aromatic N) is 4. The van der Waals surface area contributed by atoms with E-state index in [1.807, 2.05) is 18.2 Å². The number of hydrogen-bond donors (Lipinski definition) is 0. The third-order valence-electron chi connectivity index (χ3n) is 3.66. The smallest absolute Gasteiger partial charge is 0.312 e. The summed E-state index contributed by atoms with van der Waals surface area (Å²) in [4.78, 5) is 33.9. The molecule has 0 aliphatic carbocycles. The maximum Gasteiger partial charge on any atom is 0.312 e. The van der Waals surface area contributed by atoms with Gasteiger partial charge in [-0.3, -0.25) is 9.59 Å². The third-order valence-corrected chi connectivity index (χ3v) is 3.66.